The fourth-order valence-electron chi connectivity index (χ4n) is 2.65. The van der Waals surface area contributed by atoms with Crippen molar-refractivity contribution in [2.24, 2.45) is 0 Å². The lowest BCUT2D eigenvalue weighted by atomic mass is 10.2. The van der Waals surface area contributed by atoms with Crippen LogP contribution in [0.4, 0.5) is 5.69 Å². The van der Waals surface area contributed by atoms with E-state index in [-0.39, 0.29) is 12.2 Å². The van der Waals surface area contributed by atoms with Crippen molar-refractivity contribution in [1.29, 1.82) is 0 Å². The van der Waals surface area contributed by atoms with Crippen LogP contribution in [0.1, 0.15) is 23.0 Å². The van der Waals surface area contributed by atoms with E-state index in [9.17, 15) is 9.59 Å². The number of nitrogens with one attached hydrogen (secondary N) is 1. The summed E-state index contributed by atoms with van der Waals surface area (Å²) in [5, 5.41) is 3.95. The first-order valence-corrected chi connectivity index (χ1v) is 8.92. The van der Waals surface area contributed by atoms with E-state index in [4.69, 9.17) is 25.5 Å². The van der Waals surface area contributed by atoms with E-state index in [0.29, 0.717) is 27.8 Å². The van der Waals surface area contributed by atoms with Crippen molar-refractivity contribution in [3.8, 4) is 5.75 Å². The number of anilines is 1. The molecule has 6 nitrogen and oxygen atoms in total. The molecule has 0 fully saturated rings. The van der Waals surface area contributed by atoms with E-state index in [1.807, 2.05) is 0 Å². The van der Waals surface area contributed by atoms with Crippen LogP contribution in [0.3, 0.4) is 0 Å². The van der Waals surface area contributed by atoms with Gasteiger partial charge in [0.1, 0.15) is 5.76 Å². The summed E-state index contributed by atoms with van der Waals surface area (Å²) in [6.45, 7) is 1.97. The van der Waals surface area contributed by atoms with Crippen molar-refractivity contribution in [3.05, 3.63) is 64.9 Å². The van der Waals surface area contributed by atoms with E-state index >= 15 is 0 Å². The maximum Gasteiger partial charge on any atom is 0.340 e. The third-order valence-corrected chi connectivity index (χ3v) is 4.08. The Morgan fingerprint density at radius 3 is 2.75 bits per heavy atom. The summed E-state index contributed by atoms with van der Waals surface area (Å²) in [7, 11) is 1.53. The minimum Gasteiger partial charge on any atom is -0.493 e. The van der Waals surface area contributed by atoms with Crippen LogP contribution in [0.15, 0.2) is 53.0 Å². The molecule has 0 saturated carbocycles. The third-order valence-electron chi connectivity index (χ3n) is 3.87. The number of carbonyl (C=O) groups excluding carboxylic acids is 2. The van der Waals surface area contributed by atoms with Gasteiger partial charge in [-0.05, 0) is 37.3 Å². The molecule has 0 aliphatic heterocycles. The second-order valence-corrected chi connectivity index (χ2v) is 6.20. The number of amides is 1. The fraction of sp³-hybridized carbons (Fsp3) is 0.143. The Labute approximate surface area is 166 Å². The molecule has 0 bridgehead atoms. The molecular formula is C21H18ClNO5. The van der Waals surface area contributed by atoms with Crippen molar-refractivity contribution in [1.82, 2.24) is 0 Å². The molecule has 0 radical (unpaired) electrons. The summed E-state index contributed by atoms with van der Waals surface area (Å²) in [5.74, 6) is 0.0604. The van der Waals surface area contributed by atoms with Crippen LogP contribution >= 0.6 is 11.6 Å². The third kappa shape index (κ3) is 4.35. The average Bonchev–Trinajstić information content (AvgIpc) is 3.09. The number of halogens is 1. The number of hydrogen-bond donors (Lipinski definition) is 1. The van der Waals surface area contributed by atoms with Gasteiger partial charge >= 0.3 is 5.97 Å². The van der Waals surface area contributed by atoms with Crippen LogP contribution in [-0.4, -0.2) is 25.6 Å². The number of carbonyl (C=O) groups is 2. The molecule has 0 spiro atoms. The quantitative estimate of drug-likeness (QED) is 0.470. The van der Waals surface area contributed by atoms with Crippen LogP contribution in [-0.2, 0) is 9.53 Å². The largest absolute Gasteiger partial charge is 0.493 e. The standard InChI is InChI=1S/C21H18ClNO5/c1-3-27-21(25)16-6-4-5-7-17(16)23-19(24)9-8-15-11-13-10-14(22)12-18(26-2)20(13)28-15/h4-12H,3H2,1-2H3,(H,23,24). The number of ether oxygens (including phenoxy) is 2. The molecule has 1 aromatic heterocycles. The Morgan fingerprint density at radius 1 is 1.21 bits per heavy atom. The van der Waals surface area contributed by atoms with Gasteiger partial charge in [0.15, 0.2) is 11.3 Å². The van der Waals surface area contributed by atoms with E-state index in [0.717, 1.165) is 5.39 Å². The molecule has 2 aromatic carbocycles. The van der Waals surface area contributed by atoms with E-state index in [1.54, 1.807) is 49.4 Å². The number of esters is 1. The van der Waals surface area contributed by atoms with Gasteiger partial charge in [-0.1, -0.05) is 23.7 Å². The molecule has 144 valence electrons. The van der Waals surface area contributed by atoms with Gasteiger partial charge in [0.05, 0.1) is 25.0 Å². The minimum atomic E-state index is -0.497. The maximum atomic E-state index is 12.3. The molecule has 0 atom stereocenters. The summed E-state index contributed by atoms with van der Waals surface area (Å²) in [6.07, 6.45) is 2.84. The van der Waals surface area contributed by atoms with Gasteiger partial charge in [-0.15, -0.1) is 0 Å². The van der Waals surface area contributed by atoms with Crippen LogP contribution in [0, 0.1) is 0 Å². The topological polar surface area (TPSA) is 77.8 Å². The van der Waals surface area contributed by atoms with Crippen LogP contribution in [0.2, 0.25) is 5.02 Å². The molecule has 3 aromatic rings. The van der Waals surface area contributed by atoms with Gasteiger partial charge in [0.2, 0.25) is 5.91 Å². The Balaban J connectivity index is 1.78. The summed E-state index contributed by atoms with van der Waals surface area (Å²) >= 11 is 6.05. The number of hydrogen-bond acceptors (Lipinski definition) is 5. The van der Waals surface area contributed by atoms with Gasteiger partial charge in [-0.3, -0.25) is 4.79 Å². The fourth-order valence-corrected chi connectivity index (χ4v) is 2.87. The molecular weight excluding hydrogens is 382 g/mol. The Hall–Kier alpha value is -3.25. The zero-order valence-corrected chi connectivity index (χ0v) is 16.1. The zero-order chi connectivity index (χ0) is 20.1. The first kappa shape index (κ1) is 19.5. The highest BCUT2D eigenvalue weighted by Gasteiger charge is 2.13. The Kier molecular flexibility index (Phi) is 6.01. The molecule has 1 amide bonds. The summed E-state index contributed by atoms with van der Waals surface area (Å²) in [4.78, 5) is 24.3. The number of methoxy groups -OCH3 is 1. The molecule has 0 saturated heterocycles. The van der Waals surface area contributed by atoms with Crippen molar-refractivity contribution in [2.45, 2.75) is 6.92 Å². The Morgan fingerprint density at radius 2 is 2.00 bits per heavy atom. The highest BCUT2D eigenvalue weighted by molar-refractivity contribution is 6.31. The first-order chi connectivity index (χ1) is 13.5. The summed E-state index contributed by atoms with van der Waals surface area (Å²) in [6, 6.07) is 11.8. The highest BCUT2D eigenvalue weighted by atomic mass is 35.5. The van der Waals surface area contributed by atoms with Gasteiger partial charge in [0, 0.05) is 22.6 Å². The molecule has 0 aliphatic carbocycles. The lowest BCUT2D eigenvalue weighted by molar-refractivity contribution is -0.111. The minimum absolute atomic E-state index is 0.251. The second kappa shape index (κ2) is 8.63. The molecule has 0 unspecified atom stereocenters. The average molecular weight is 400 g/mol. The SMILES string of the molecule is CCOC(=O)c1ccccc1NC(=O)C=Cc1cc2cc(Cl)cc(OC)c2o1. The molecule has 28 heavy (non-hydrogen) atoms. The van der Waals surface area contributed by atoms with Gasteiger partial charge < -0.3 is 19.2 Å². The Bertz CT molecular complexity index is 1050. The molecule has 0 aliphatic rings. The normalized spacial score (nSPS) is 11.0. The molecule has 3 rings (SSSR count). The van der Waals surface area contributed by atoms with Gasteiger partial charge in [-0.25, -0.2) is 4.79 Å². The van der Waals surface area contributed by atoms with Crippen LogP contribution in [0.25, 0.3) is 17.0 Å². The number of para-hydroxylation sites is 1. The first-order valence-electron chi connectivity index (χ1n) is 8.54. The molecule has 7 heteroatoms. The highest BCUT2D eigenvalue weighted by Crippen LogP contribution is 2.32. The number of benzene rings is 2. The second-order valence-electron chi connectivity index (χ2n) is 5.76. The summed E-state index contributed by atoms with van der Waals surface area (Å²) in [5.41, 5.74) is 1.20. The lowest BCUT2D eigenvalue weighted by Gasteiger charge is -2.08. The van der Waals surface area contributed by atoms with Crippen LogP contribution in [0.5, 0.6) is 5.75 Å². The van der Waals surface area contributed by atoms with Crippen molar-refractivity contribution in [2.75, 3.05) is 19.0 Å². The predicted octanol–water partition coefficient (Wildman–Crippen LogP) is 4.92. The maximum absolute atomic E-state index is 12.3. The summed E-state index contributed by atoms with van der Waals surface area (Å²) < 4.78 is 16.0. The van der Waals surface area contributed by atoms with Gasteiger partial charge in [0.25, 0.3) is 0 Å². The molecule has 1 heterocycles. The van der Waals surface area contributed by atoms with E-state index in [1.165, 1.54) is 19.3 Å². The smallest absolute Gasteiger partial charge is 0.340 e. The lowest BCUT2D eigenvalue weighted by Crippen LogP contribution is -2.13. The van der Waals surface area contributed by atoms with E-state index in [2.05, 4.69) is 5.32 Å². The van der Waals surface area contributed by atoms with Crippen LogP contribution < -0.4 is 10.1 Å². The number of furan rings is 1. The zero-order valence-electron chi connectivity index (χ0n) is 15.3. The number of rotatable bonds is 6. The van der Waals surface area contributed by atoms with Crippen molar-refractivity contribution >= 4 is 46.2 Å². The number of fused-ring (bicyclic) bond motifs is 1. The van der Waals surface area contributed by atoms with Crippen molar-refractivity contribution < 1.29 is 23.5 Å². The van der Waals surface area contributed by atoms with Gasteiger partial charge in [-0.2, -0.15) is 0 Å². The monoisotopic (exact) mass is 399 g/mol. The van der Waals surface area contributed by atoms with E-state index < -0.39 is 11.9 Å². The molecule has 1 N–H and O–H groups in total. The van der Waals surface area contributed by atoms with Crippen molar-refractivity contribution in [3.63, 3.8) is 0 Å². The predicted molar refractivity (Wildman–Crippen MR) is 108 cm³/mol.